The molecule has 0 aromatic rings. The molecule has 0 spiro atoms. The van der Waals surface area contributed by atoms with Gasteiger partial charge in [-0.15, -0.1) is 0 Å². The van der Waals surface area contributed by atoms with Gasteiger partial charge in [-0.25, -0.2) is 0 Å². The molecule has 0 radical (unpaired) electrons. The molecule has 0 aliphatic rings. The molecule has 0 saturated carbocycles. The SMILES string of the molecule is C=C/C(C)=C/C(C)=C/C(C)=C/C(C)=C/C(=C)/C=C\C. The Kier molecular flexibility index (Phi) is 8.28. The van der Waals surface area contributed by atoms with E-state index in [4.69, 9.17) is 0 Å². The molecule has 0 bridgehead atoms. The largest absolute Gasteiger partial charge is 0.0988 e. The van der Waals surface area contributed by atoms with Crippen LogP contribution in [0.2, 0.25) is 0 Å². The number of allylic oxidation sites excluding steroid dienone is 12. The average Bonchev–Trinajstić information content (AvgIpc) is 2.27. The highest BCUT2D eigenvalue weighted by Gasteiger charge is 1.90. The van der Waals surface area contributed by atoms with Gasteiger partial charge in [-0.2, -0.15) is 0 Å². The summed E-state index contributed by atoms with van der Waals surface area (Å²) in [5.41, 5.74) is 5.86. The molecule has 0 saturated heterocycles. The Hall–Kier alpha value is -1.82. The second kappa shape index (κ2) is 9.16. The van der Waals surface area contributed by atoms with E-state index >= 15 is 0 Å². The predicted octanol–water partition coefficient (Wildman–Crippen LogP) is 6.09. The highest BCUT2D eigenvalue weighted by molar-refractivity contribution is 5.39. The Labute approximate surface area is 118 Å². The molecule has 0 aliphatic heterocycles. The normalized spacial score (nSPS) is 15.0. The summed E-state index contributed by atoms with van der Waals surface area (Å²) in [6, 6.07) is 0. The zero-order chi connectivity index (χ0) is 14.8. The smallest absolute Gasteiger partial charge is 0.0329 e. The van der Waals surface area contributed by atoms with Gasteiger partial charge in [-0.1, -0.05) is 78.0 Å². The van der Waals surface area contributed by atoms with Crippen LogP contribution in [0.5, 0.6) is 0 Å². The van der Waals surface area contributed by atoms with Gasteiger partial charge >= 0.3 is 0 Å². The van der Waals surface area contributed by atoms with E-state index in [1.54, 1.807) is 0 Å². The Morgan fingerprint density at radius 1 is 0.737 bits per heavy atom. The van der Waals surface area contributed by atoms with Crippen molar-refractivity contribution in [3.05, 3.63) is 83.6 Å². The van der Waals surface area contributed by atoms with E-state index < -0.39 is 0 Å². The van der Waals surface area contributed by atoms with Gasteiger partial charge in [0.2, 0.25) is 0 Å². The molecule has 0 rings (SSSR count). The number of hydrogen-bond acceptors (Lipinski definition) is 0. The van der Waals surface area contributed by atoms with Crippen LogP contribution in [0, 0.1) is 0 Å². The van der Waals surface area contributed by atoms with Crippen molar-refractivity contribution >= 4 is 0 Å². The van der Waals surface area contributed by atoms with Crippen molar-refractivity contribution < 1.29 is 0 Å². The molecule has 0 atom stereocenters. The van der Waals surface area contributed by atoms with Gasteiger partial charge in [0.05, 0.1) is 0 Å². The van der Waals surface area contributed by atoms with Crippen molar-refractivity contribution in [2.45, 2.75) is 34.6 Å². The van der Waals surface area contributed by atoms with Crippen LogP contribution in [0.3, 0.4) is 0 Å². The zero-order valence-electron chi connectivity index (χ0n) is 13.0. The lowest BCUT2D eigenvalue weighted by molar-refractivity contribution is 1.37. The van der Waals surface area contributed by atoms with E-state index in [1.807, 2.05) is 25.2 Å². The van der Waals surface area contributed by atoms with Crippen LogP contribution in [-0.4, -0.2) is 0 Å². The summed E-state index contributed by atoms with van der Waals surface area (Å²) in [6.07, 6.45) is 14.4. The minimum atomic E-state index is 1.02. The Balaban J connectivity index is 4.96. The van der Waals surface area contributed by atoms with Crippen LogP contribution in [0.1, 0.15) is 34.6 Å². The highest BCUT2D eigenvalue weighted by atomic mass is 14.0. The van der Waals surface area contributed by atoms with Crippen molar-refractivity contribution in [2.75, 3.05) is 0 Å². The summed E-state index contributed by atoms with van der Waals surface area (Å²) in [6.45, 7) is 18.1. The van der Waals surface area contributed by atoms with Crippen molar-refractivity contribution in [3.8, 4) is 0 Å². The first kappa shape index (κ1) is 17.2. The van der Waals surface area contributed by atoms with Crippen LogP contribution in [0.15, 0.2) is 83.6 Å². The van der Waals surface area contributed by atoms with E-state index in [9.17, 15) is 0 Å². The number of rotatable bonds is 6. The van der Waals surface area contributed by atoms with Gasteiger partial charge in [-0.3, -0.25) is 0 Å². The average molecular weight is 254 g/mol. The van der Waals surface area contributed by atoms with Crippen molar-refractivity contribution in [1.29, 1.82) is 0 Å². The summed E-state index contributed by atoms with van der Waals surface area (Å²) in [5, 5.41) is 0. The summed E-state index contributed by atoms with van der Waals surface area (Å²) < 4.78 is 0. The highest BCUT2D eigenvalue weighted by Crippen LogP contribution is 2.10. The lowest BCUT2D eigenvalue weighted by Gasteiger charge is -1.99. The van der Waals surface area contributed by atoms with E-state index in [1.165, 1.54) is 22.3 Å². The molecule has 0 unspecified atom stereocenters. The van der Waals surface area contributed by atoms with Gasteiger partial charge in [-0.05, 0) is 40.2 Å². The predicted molar refractivity (Wildman–Crippen MR) is 89.2 cm³/mol. The van der Waals surface area contributed by atoms with E-state index in [0.29, 0.717) is 0 Å². The molecule has 102 valence electrons. The third-order valence-corrected chi connectivity index (χ3v) is 2.48. The van der Waals surface area contributed by atoms with Crippen LogP contribution in [0.4, 0.5) is 0 Å². The second-order valence-electron chi connectivity index (χ2n) is 4.83. The van der Waals surface area contributed by atoms with Gasteiger partial charge < -0.3 is 0 Å². The molecular formula is C19H26. The summed E-state index contributed by atoms with van der Waals surface area (Å²) in [7, 11) is 0. The van der Waals surface area contributed by atoms with Gasteiger partial charge in [0, 0.05) is 0 Å². The topological polar surface area (TPSA) is 0 Å². The van der Waals surface area contributed by atoms with Gasteiger partial charge in [0.15, 0.2) is 0 Å². The second-order valence-corrected chi connectivity index (χ2v) is 4.83. The van der Waals surface area contributed by atoms with E-state index in [0.717, 1.165) is 5.57 Å². The van der Waals surface area contributed by atoms with Crippen LogP contribution in [-0.2, 0) is 0 Å². The summed E-state index contributed by atoms with van der Waals surface area (Å²) in [5.74, 6) is 0. The van der Waals surface area contributed by atoms with Crippen molar-refractivity contribution in [1.82, 2.24) is 0 Å². The third kappa shape index (κ3) is 8.84. The van der Waals surface area contributed by atoms with Gasteiger partial charge in [0.25, 0.3) is 0 Å². The molecule has 0 amide bonds. The minimum absolute atomic E-state index is 1.02. The molecule has 0 fully saturated rings. The molecule has 0 heterocycles. The van der Waals surface area contributed by atoms with Crippen LogP contribution in [0.25, 0.3) is 0 Å². The van der Waals surface area contributed by atoms with Crippen LogP contribution < -0.4 is 0 Å². The number of hydrogen-bond donors (Lipinski definition) is 0. The van der Waals surface area contributed by atoms with E-state index in [2.05, 4.69) is 65.2 Å². The minimum Gasteiger partial charge on any atom is -0.0988 e. The molecular weight excluding hydrogens is 228 g/mol. The maximum atomic E-state index is 3.97. The molecule has 0 aliphatic carbocycles. The maximum Gasteiger partial charge on any atom is -0.0329 e. The molecule has 0 nitrogen and oxygen atoms in total. The molecule has 19 heavy (non-hydrogen) atoms. The Morgan fingerprint density at radius 3 is 1.58 bits per heavy atom. The fourth-order valence-electron chi connectivity index (χ4n) is 1.82. The monoisotopic (exact) mass is 254 g/mol. The quantitative estimate of drug-likeness (QED) is 0.503. The first-order chi connectivity index (χ1) is 8.88. The van der Waals surface area contributed by atoms with E-state index in [-0.39, 0.29) is 0 Å². The zero-order valence-corrected chi connectivity index (χ0v) is 13.0. The molecule has 0 aromatic heterocycles. The molecule has 0 heteroatoms. The van der Waals surface area contributed by atoms with Crippen molar-refractivity contribution in [2.24, 2.45) is 0 Å². The fourth-order valence-corrected chi connectivity index (χ4v) is 1.82. The lowest BCUT2D eigenvalue weighted by Crippen LogP contribution is -1.78. The fraction of sp³-hybridized carbons (Fsp3) is 0.263. The summed E-state index contributed by atoms with van der Waals surface area (Å²) in [4.78, 5) is 0. The Morgan fingerprint density at radius 2 is 1.16 bits per heavy atom. The molecule has 0 aromatic carbocycles. The molecule has 0 N–H and O–H groups in total. The van der Waals surface area contributed by atoms with Gasteiger partial charge in [0.1, 0.15) is 0 Å². The van der Waals surface area contributed by atoms with Crippen molar-refractivity contribution in [3.63, 3.8) is 0 Å². The Bertz CT molecular complexity index is 474. The standard InChI is InChI=1S/C19H26/c1-8-10-16(4)12-18(6)14-19(7)13-17(5)11-15(3)9-2/h8-14H,2,4H2,1,3,5-7H3/b10-8-,15-11+,17-13+,18-12+,19-14+. The lowest BCUT2D eigenvalue weighted by atomic mass is 10.1. The summed E-state index contributed by atoms with van der Waals surface area (Å²) >= 11 is 0. The van der Waals surface area contributed by atoms with Crippen LogP contribution >= 0.6 is 0 Å². The first-order valence-electron chi connectivity index (χ1n) is 6.56. The maximum absolute atomic E-state index is 3.97. The third-order valence-electron chi connectivity index (χ3n) is 2.48. The first-order valence-corrected chi connectivity index (χ1v) is 6.56.